The first-order valence-electron chi connectivity index (χ1n) is 5.51. The summed E-state index contributed by atoms with van der Waals surface area (Å²) in [5.74, 6) is -0.725. The predicted octanol–water partition coefficient (Wildman–Crippen LogP) is 2.02. The van der Waals surface area contributed by atoms with Gasteiger partial charge in [0.25, 0.3) is 0 Å². The minimum atomic E-state index is -3.52. The van der Waals surface area contributed by atoms with Gasteiger partial charge in [-0.2, -0.15) is 5.10 Å². The highest BCUT2D eigenvalue weighted by Crippen LogP contribution is 2.16. The number of sulfone groups is 1. The number of halogens is 1. The average Bonchev–Trinajstić information content (AvgIpc) is 2.76. The van der Waals surface area contributed by atoms with Crippen molar-refractivity contribution < 1.29 is 12.8 Å². The molecule has 18 heavy (non-hydrogen) atoms. The van der Waals surface area contributed by atoms with Crippen molar-refractivity contribution in [3.63, 3.8) is 0 Å². The monoisotopic (exact) mass is 268 g/mol. The van der Waals surface area contributed by atoms with Crippen LogP contribution in [0.5, 0.6) is 0 Å². The lowest BCUT2D eigenvalue weighted by Crippen LogP contribution is -2.04. The Kier molecular flexibility index (Phi) is 3.47. The number of rotatable bonds is 4. The van der Waals surface area contributed by atoms with Crippen molar-refractivity contribution in [2.75, 3.05) is 0 Å². The first-order valence-corrected chi connectivity index (χ1v) is 7.16. The van der Waals surface area contributed by atoms with Crippen LogP contribution in [-0.4, -0.2) is 18.2 Å². The second-order valence-electron chi connectivity index (χ2n) is 3.92. The van der Waals surface area contributed by atoms with Crippen LogP contribution in [0.2, 0.25) is 0 Å². The van der Waals surface area contributed by atoms with Crippen LogP contribution in [0.25, 0.3) is 0 Å². The third-order valence-corrected chi connectivity index (χ3v) is 4.21. The molecule has 0 aliphatic heterocycles. The number of nitrogens with zero attached hydrogens (tertiary/aromatic N) is 2. The molecule has 1 aromatic carbocycles. The molecule has 0 saturated heterocycles. The van der Waals surface area contributed by atoms with Gasteiger partial charge in [-0.25, -0.2) is 12.8 Å². The van der Waals surface area contributed by atoms with Crippen LogP contribution in [-0.2, 0) is 22.1 Å². The molecule has 0 aliphatic rings. The Bertz CT molecular complexity index is 650. The van der Waals surface area contributed by atoms with Crippen molar-refractivity contribution in [3.8, 4) is 0 Å². The van der Waals surface area contributed by atoms with Crippen LogP contribution in [0.1, 0.15) is 12.5 Å². The minimum Gasteiger partial charge on any atom is -0.273 e. The summed E-state index contributed by atoms with van der Waals surface area (Å²) in [7, 11) is -3.52. The molecule has 6 heteroatoms. The molecule has 96 valence electrons. The molecule has 0 fully saturated rings. The van der Waals surface area contributed by atoms with Crippen molar-refractivity contribution in [3.05, 3.63) is 48.0 Å². The van der Waals surface area contributed by atoms with Gasteiger partial charge in [-0.1, -0.05) is 6.07 Å². The summed E-state index contributed by atoms with van der Waals surface area (Å²) >= 11 is 0. The van der Waals surface area contributed by atoms with E-state index >= 15 is 0 Å². The quantitative estimate of drug-likeness (QED) is 0.852. The van der Waals surface area contributed by atoms with Crippen LogP contribution in [0.15, 0.2) is 41.6 Å². The maximum atomic E-state index is 13.0. The van der Waals surface area contributed by atoms with Crippen LogP contribution >= 0.6 is 0 Å². The number of aromatic nitrogens is 2. The van der Waals surface area contributed by atoms with Gasteiger partial charge < -0.3 is 0 Å². The Balaban J connectivity index is 2.27. The predicted molar refractivity (Wildman–Crippen MR) is 65.2 cm³/mol. The van der Waals surface area contributed by atoms with Crippen LogP contribution in [0, 0.1) is 5.82 Å². The first-order chi connectivity index (χ1) is 8.51. The lowest BCUT2D eigenvalue weighted by molar-refractivity contribution is 0.590. The summed E-state index contributed by atoms with van der Waals surface area (Å²) < 4.78 is 38.8. The van der Waals surface area contributed by atoms with E-state index in [4.69, 9.17) is 0 Å². The second kappa shape index (κ2) is 4.89. The molecular formula is C12H13FN2O2S. The van der Waals surface area contributed by atoms with Gasteiger partial charge in [0.2, 0.25) is 0 Å². The third-order valence-electron chi connectivity index (χ3n) is 2.52. The fraction of sp³-hybridized carbons (Fsp3) is 0.250. The van der Waals surface area contributed by atoms with Crippen LogP contribution in [0.4, 0.5) is 4.39 Å². The molecule has 0 unspecified atom stereocenters. The van der Waals surface area contributed by atoms with Gasteiger partial charge in [0.15, 0.2) is 9.84 Å². The van der Waals surface area contributed by atoms with E-state index < -0.39 is 15.7 Å². The Hall–Kier alpha value is -1.69. The topological polar surface area (TPSA) is 52.0 Å². The highest BCUT2D eigenvalue weighted by atomic mass is 32.2. The molecule has 0 saturated carbocycles. The highest BCUT2D eigenvalue weighted by Gasteiger charge is 2.16. The molecule has 1 aromatic heterocycles. The summed E-state index contributed by atoms with van der Waals surface area (Å²) in [6.07, 6.45) is 3.19. The molecule has 0 atom stereocenters. The number of hydrogen-bond donors (Lipinski definition) is 0. The van der Waals surface area contributed by atoms with Gasteiger partial charge in [-0.3, -0.25) is 4.68 Å². The normalized spacial score (nSPS) is 11.7. The maximum absolute atomic E-state index is 13.0. The highest BCUT2D eigenvalue weighted by molar-refractivity contribution is 7.90. The summed E-state index contributed by atoms with van der Waals surface area (Å²) in [5.41, 5.74) is 0.598. The minimum absolute atomic E-state index is 0.00764. The van der Waals surface area contributed by atoms with Crippen LogP contribution in [0.3, 0.4) is 0 Å². The number of aryl methyl sites for hydroxylation is 1. The van der Waals surface area contributed by atoms with Gasteiger partial charge in [-0.05, 0) is 25.1 Å². The third kappa shape index (κ3) is 2.76. The number of benzene rings is 1. The molecule has 0 bridgehead atoms. The zero-order valence-corrected chi connectivity index (χ0v) is 10.7. The van der Waals surface area contributed by atoms with Gasteiger partial charge in [-0.15, -0.1) is 0 Å². The van der Waals surface area contributed by atoms with E-state index in [0.717, 1.165) is 6.07 Å². The van der Waals surface area contributed by atoms with E-state index in [1.165, 1.54) is 24.4 Å². The second-order valence-corrected chi connectivity index (χ2v) is 5.91. The van der Waals surface area contributed by atoms with Crippen molar-refractivity contribution in [2.45, 2.75) is 24.1 Å². The van der Waals surface area contributed by atoms with E-state index in [0.29, 0.717) is 12.1 Å². The smallest absolute Gasteiger partial charge is 0.182 e. The molecule has 2 rings (SSSR count). The number of hydrogen-bond acceptors (Lipinski definition) is 3. The van der Waals surface area contributed by atoms with Crippen molar-refractivity contribution in [1.29, 1.82) is 0 Å². The molecule has 4 nitrogen and oxygen atoms in total. The summed E-state index contributed by atoms with van der Waals surface area (Å²) in [6, 6.07) is 5.02. The Morgan fingerprint density at radius 2 is 2.17 bits per heavy atom. The van der Waals surface area contributed by atoms with Gasteiger partial charge >= 0.3 is 0 Å². The van der Waals surface area contributed by atoms with Gasteiger partial charge in [0, 0.05) is 18.3 Å². The zero-order valence-electron chi connectivity index (χ0n) is 9.88. The fourth-order valence-corrected chi connectivity index (χ4v) is 2.95. The maximum Gasteiger partial charge on any atom is 0.182 e. The standard InChI is InChI=1S/C12H13FN2O2S/c1-2-15-8-10(7-14-15)9-18(16,17)12-5-3-4-11(13)6-12/h3-8H,2,9H2,1H3. The largest absolute Gasteiger partial charge is 0.273 e. The molecule has 0 spiro atoms. The molecule has 0 aliphatic carbocycles. The van der Waals surface area contributed by atoms with E-state index in [1.807, 2.05) is 6.92 Å². The zero-order chi connectivity index (χ0) is 13.2. The van der Waals surface area contributed by atoms with Gasteiger partial charge in [0.1, 0.15) is 5.82 Å². The van der Waals surface area contributed by atoms with E-state index in [9.17, 15) is 12.8 Å². The molecule has 0 amide bonds. The van der Waals surface area contributed by atoms with Crippen molar-refractivity contribution >= 4 is 9.84 Å². The average molecular weight is 268 g/mol. The van der Waals surface area contributed by atoms with Crippen molar-refractivity contribution in [1.82, 2.24) is 9.78 Å². The molecule has 2 aromatic rings. The lowest BCUT2D eigenvalue weighted by Gasteiger charge is -2.02. The SMILES string of the molecule is CCn1cc(CS(=O)(=O)c2cccc(F)c2)cn1. The van der Waals surface area contributed by atoms with E-state index in [-0.39, 0.29) is 10.6 Å². The fourth-order valence-electron chi connectivity index (χ4n) is 1.62. The first kappa shape index (κ1) is 12.8. The Morgan fingerprint density at radius 1 is 1.39 bits per heavy atom. The molecule has 0 N–H and O–H groups in total. The van der Waals surface area contributed by atoms with Crippen molar-refractivity contribution in [2.24, 2.45) is 0 Å². The lowest BCUT2D eigenvalue weighted by atomic mass is 10.3. The summed E-state index contributed by atoms with van der Waals surface area (Å²) in [6.45, 7) is 2.60. The Morgan fingerprint density at radius 3 is 2.78 bits per heavy atom. The van der Waals surface area contributed by atoms with Gasteiger partial charge in [0.05, 0.1) is 16.8 Å². The van der Waals surface area contributed by atoms with E-state index in [2.05, 4.69) is 5.10 Å². The molecular weight excluding hydrogens is 255 g/mol. The summed E-state index contributed by atoms with van der Waals surface area (Å²) in [4.78, 5) is -0.00764. The van der Waals surface area contributed by atoms with E-state index in [1.54, 1.807) is 10.9 Å². The molecule has 1 heterocycles. The van der Waals surface area contributed by atoms with Crippen LogP contribution < -0.4 is 0 Å². The summed E-state index contributed by atoms with van der Waals surface area (Å²) in [5, 5.41) is 4.01. The molecule has 0 radical (unpaired) electrons. The Labute approximate surface area is 105 Å².